The number of hydrogen-bond acceptors (Lipinski definition) is 1. The highest BCUT2D eigenvalue weighted by atomic mass is 14.6. The van der Waals surface area contributed by atoms with Crippen LogP contribution in [0.5, 0.6) is 0 Å². The first-order valence-corrected chi connectivity index (χ1v) is 3.55. The van der Waals surface area contributed by atoms with Gasteiger partial charge in [-0.25, -0.2) is 0 Å². The molecule has 0 unspecified atom stereocenters. The van der Waals surface area contributed by atoms with Crippen molar-refractivity contribution < 1.29 is 0 Å². The van der Waals surface area contributed by atoms with E-state index in [0.29, 0.717) is 0 Å². The maximum absolute atomic E-state index is 5.67. The highest BCUT2D eigenvalue weighted by molar-refractivity contribution is 5.39. The molecule has 0 aromatic heterocycles. The Morgan fingerprint density at radius 1 is 1.50 bits per heavy atom. The molecule has 1 aliphatic carbocycles. The second kappa shape index (κ2) is 2.74. The SMILES string of the molecule is C=C/C(N)=C1/CCCC1=C. The van der Waals surface area contributed by atoms with Gasteiger partial charge >= 0.3 is 0 Å². The minimum absolute atomic E-state index is 0.808. The van der Waals surface area contributed by atoms with Crippen LogP contribution in [-0.2, 0) is 0 Å². The standard InChI is InChI=1S/C9H13N/c1-3-9(10)8-6-4-5-7(8)2/h3H,1-2,4-6,10H2/b9-8+. The Labute approximate surface area is 61.9 Å². The topological polar surface area (TPSA) is 26.0 Å². The van der Waals surface area contributed by atoms with Crippen LogP contribution in [0.1, 0.15) is 19.3 Å². The van der Waals surface area contributed by atoms with E-state index in [9.17, 15) is 0 Å². The number of nitrogens with two attached hydrogens (primary N) is 1. The van der Waals surface area contributed by atoms with Crippen molar-refractivity contribution in [2.45, 2.75) is 19.3 Å². The summed E-state index contributed by atoms with van der Waals surface area (Å²) in [6, 6.07) is 0. The Kier molecular flexibility index (Phi) is 1.95. The van der Waals surface area contributed by atoms with Crippen molar-refractivity contribution in [2.24, 2.45) is 5.73 Å². The van der Waals surface area contributed by atoms with Crippen molar-refractivity contribution in [3.8, 4) is 0 Å². The molecule has 54 valence electrons. The quantitative estimate of drug-likeness (QED) is 0.585. The summed E-state index contributed by atoms with van der Waals surface area (Å²) in [5.74, 6) is 0. The normalized spacial score (nSPS) is 23.0. The minimum Gasteiger partial charge on any atom is -0.399 e. The van der Waals surface area contributed by atoms with Crippen LogP contribution in [0, 0.1) is 0 Å². The Morgan fingerprint density at radius 3 is 2.60 bits per heavy atom. The van der Waals surface area contributed by atoms with Crippen LogP contribution < -0.4 is 5.73 Å². The van der Waals surface area contributed by atoms with Crippen LogP contribution in [0.15, 0.2) is 36.1 Å². The summed E-state index contributed by atoms with van der Waals surface area (Å²) in [5.41, 5.74) is 8.89. The molecule has 0 aliphatic heterocycles. The molecule has 0 heterocycles. The summed E-state index contributed by atoms with van der Waals surface area (Å²) in [6.07, 6.45) is 5.08. The van der Waals surface area contributed by atoms with Gasteiger partial charge in [-0.2, -0.15) is 0 Å². The molecule has 1 saturated carbocycles. The third-order valence-corrected chi connectivity index (χ3v) is 1.90. The van der Waals surface area contributed by atoms with Crippen molar-refractivity contribution >= 4 is 0 Å². The summed E-state index contributed by atoms with van der Waals surface area (Å²) >= 11 is 0. The van der Waals surface area contributed by atoms with Crippen molar-refractivity contribution in [1.82, 2.24) is 0 Å². The summed E-state index contributed by atoms with van der Waals surface area (Å²) in [4.78, 5) is 0. The van der Waals surface area contributed by atoms with Crippen molar-refractivity contribution in [1.29, 1.82) is 0 Å². The third kappa shape index (κ3) is 1.13. The Morgan fingerprint density at radius 2 is 2.20 bits per heavy atom. The van der Waals surface area contributed by atoms with Crippen molar-refractivity contribution in [2.75, 3.05) is 0 Å². The van der Waals surface area contributed by atoms with E-state index in [-0.39, 0.29) is 0 Å². The lowest BCUT2D eigenvalue weighted by Crippen LogP contribution is -1.97. The van der Waals surface area contributed by atoms with Gasteiger partial charge in [-0.05, 0) is 36.5 Å². The van der Waals surface area contributed by atoms with E-state index in [2.05, 4.69) is 13.2 Å². The summed E-state index contributed by atoms with van der Waals surface area (Å²) < 4.78 is 0. The Hall–Kier alpha value is -0.980. The fourth-order valence-electron chi connectivity index (χ4n) is 1.28. The molecule has 1 heteroatoms. The lowest BCUT2D eigenvalue weighted by atomic mass is 10.1. The first-order chi connectivity index (χ1) is 4.75. The molecule has 0 bridgehead atoms. The second-order valence-electron chi connectivity index (χ2n) is 2.60. The van der Waals surface area contributed by atoms with Crippen LogP contribution in [-0.4, -0.2) is 0 Å². The summed E-state index contributed by atoms with van der Waals surface area (Å²) in [6.45, 7) is 7.53. The maximum Gasteiger partial charge on any atom is 0.0343 e. The molecule has 1 aliphatic rings. The van der Waals surface area contributed by atoms with E-state index in [1.807, 2.05) is 0 Å². The zero-order valence-corrected chi connectivity index (χ0v) is 6.19. The van der Waals surface area contributed by atoms with Gasteiger partial charge in [0.25, 0.3) is 0 Å². The van der Waals surface area contributed by atoms with Crippen LogP contribution in [0.3, 0.4) is 0 Å². The van der Waals surface area contributed by atoms with Gasteiger partial charge in [-0.3, -0.25) is 0 Å². The molecule has 10 heavy (non-hydrogen) atoms. The maximum atomic E-state index is 5.67. The molecular formula is C9H13N. The molecule has 1 fully saturated rings. The van der Waals surface area contributed by atoms with Crippen molar-refractivity contribution in [3.05, 3.63) is 36.1 Å². The third-order valence-electron chi connectivity index (χ3n) is 1.90. The van der Waals surface area contributed by atoms with Gasteiger partial charge in [-0.15, -0.1) is 0 Å². The molecule has 0 amide bonds. The van der Waals surface area contributed by atoms with Gasteiger partial charge in [0, 0.05) is 5.70 Å². The monoisotopic (exact) mass is 135 g/mol. The van der Waals surface area contributed by atoms with Crippen LogP contribution in [0.2, 0.25) is 0 Å². The zero-order valence-electron chi connectivity index (χ0n) is 6.19. The van der Waals surface area contributed by atoms with E-state index in [1.165, 1.54) is 17.6 Å². The van der Waals surface area contributed by atoms with Gasteiger partial charge in [0.05, 0.1) is 0 Å². The average molecular weight is 135 g/mol. The fraction of sp³-hybridized carbons (Fsp3) is 0.333. The molecule has 0 spiro atoms. The smallest absolute Gasteiger partial charge is 0.0343 e. The fourth-order valence-corrected chi connectivity index (χ4v) is 1.28. The van der Waals surface area contributed by atoms with E-state index in [0.717, 1.165) is 18.5 Å². The Bertz CT molecular complexity index is 199. The lowest BCUT2D eigenvalue weighted by molar-refractivity contribution is 0.930. The lowest BCUT2D eigenvalue weighted by Gasteiger charge is -2.00. The molecule has 0 aromatic carbocycles. The van der Waals surface area contributed by atoms with Gasteiger partial charge in [0.1, 0.15) is 0 Å². The predicted octanol–water partition coefficient (Wildman–Crippen LogP) is 2.13. The minimum atomic E-state index is 0.808. The van der Waals surface area contributed by atoms with Gasteiger partial charge < -0.3 is 5.73 Å². The van der Waals surface area contributed by atoms with Crippen LogP contribution >= 0.6 is 0 Å². The molecule has 0 aromatic rings. The molecule has 1 nitrogen and oxygen atoms in total. The number of allylic oxidation sites excluding steroid dienone is 3. The molecule has 2 N–H and O–H groups in total. The largest absolute Gasteiger partial charge is 0.399 e. The molecule has 0 radical (unpaired) electrons. The highest BCUT2D eigenvalue weighted by Crippen LogP contribution is 2.29. The number of rotatable bonds is 1. The van der Waals surface area contributed by atoms with E-state index in [1.54, 1.807) is 6.08 Å². The van der Waals surface area contributed by atoms with Crippen LogP contribution in [0.25, 0.3) is 0 Å². The second-order valence-corrected chi connectivity index (χ2v) is 2.60. The van der Waals surface area contributed by atoms with Gasteiger partial charge in [0.2, 0.25) is 0 Å². The number of hydrogen-bond donors (Lipinski definition) is 1. The van der Waals surface area contributed by atoms with E-state index < -0.39 is 0 Å². The predicted molar refractivity (Wildman–Crippen MR) is 44.4 cm³/mol. The Balaban J connectivity index is 2.89. The highest BCUT2D eigenvalue weighted by Gasteiger charge is 2.12. The zero-order chi connectivity index (χ0) is 7.56. The summed E-state index contributed by atoms with van der Waals surface area (Å²) in [7, 11) is 0. The average Bonchev–Trinajstić information content (AvgIpc) is 2.34. The van der Waals surface area contributed by atoms with Gasteiger partial charge in [0.15, 0.2) is 0 Å². The van der Waals surface area contributed by atoms with E-state index in [4.69, 9.17) is 5.73 Å². The van der Waals surface area contributed by atoms with E-state index >= 15 is 0 Å². The molecular weight excluding hydrogens is 122 g/mol. The molecule has 0 atom stereocenters. The first kappa shape index (κ1) is 7.13. The van der Waals surface area contributed by atoms with Gasteiger partial charge in [-0.1, -0.05) is 13.2 Å². The summed E-state index contributed by atoms with van der Waals surface area (Å²) in [5, 5.41) is 0. The van der Waals surface area contributed by atoms with Crippen LogP contribution in [0.4, 0.5) is 0 Å². The first-order valence-electron chi connectivity index (χ1n) is 3.55. The van der Waals surface area contributed by atoms with Crippen molar-refractivity contribution in [3.63, 3.8) is 0 Å². The molecule has 1 rings (SSSR count). The molecule has 0 saturated heterocycles.